The van der Waals surface area contributed by atoms with Crippen molar-refractivity contribution in [2.45, 2.75) is 12.8 Å². The molecule has 0 saturated carbocycles. The molecule has 3 aromatic rings. The Morgan fingerprint density at radius 3 is 2.11 bits per heavy atom. The summed E-state index contributed by atoms with van der Waals surface area (Å²) in [7, 11) is 0. The maximum Gasteiger partial charge on any atom is 0.343 e. The van der Waals surface area contributed by atoms with Crippen LogP contribution in [0.2, 0.25) is 0 Å². The van der Waals surface area contributed by atoms with Crippen molar-refractivity contribution < 1.29 is 14.3 Å². The van der Waals surface area contributed by atoms with Crippen LogP contribution in [0.25, 0.3) is 11.1 Å². The quantitative estimate of drug-likeness (QED) is 0.217. The fourth-order valence-corrected chi connectivity index (χ4v) is 2.62. The van der Waals surface area contributed by atoms with Gasteiger partial charge in [0.1, 0.15) is 11.5 Å². The van der Waals surface area contributed by atoms with Gasteiger partial charge in [-0.1, -0.05) is 48.5 Å². The van der Waals surface area contributed by atoms with Gasteiger partial charge >= 0.3 is 5.97 Å². The third-order valence-electron chi connectivity index (χ3n) is 4.08. The van der Waals surface area contributed by atoms with E-state index in [4.69, 9.17) is 9.47 Å². The Morgan fingerprint density at radius 1 is 0.815 bits per heavy atom. The molecule has 27 heavy (non-hydrogen) atoms. The molecule has 3 aromatic carbocycles. The predicted octanol–water partition coefficient (Wildman–Crippen LogP) is 5.92. The van der Waals surface area contributed by atoms with E-state index in [0.29, 0.717) is 17.9 Å². The first kappa shape index (κ1) is 18.5. The molecular weight excluding hydrogens is 336 g/mol. The molecule has 3 nitrogen and oxygen atoms in total. The van der Waals surface area contributed by atoms with Crippen molar-refractivity contribution in [1.29, 1.82) is 0 Å². The first-order valence-electron chi connectivity index (χ1n) is 8.98. The lowest BCUT2D eigenvalue weighted by Crippen LogP contribution is -2.08. The molecule has 0 aromatic heterocycles. The Kier molecular flexibility index (Phi) is 6.42. The van der Waals surface area contributed by atoms with Gasteiger partial charge in [-0.15, -0.1) is 6.58 Å². The lowest BCUT2D eigenvalue weighted by molar-refractivity contribution is 0.0734. The molecule has 0 amide bonds. The summed E-state index contributed by atoms with van der Waals surface area (Å²) in [6.07, 6.45) is 3.72. The van der Waals surface area contributed by atoms with E-state index in [9.17, 15) is 4.79 Å². The van der Waals surface area contributed by atoms with Crippen LogP contribution in [0, 0.1) is 0 Å². The summed E-state index contributed by atoms with van der Waals surface area (Å²) in [5.74, 6) is 0.868. The van der Waals surface area contributed by atoms with E-state index < -0.39 is 0 Å². The summed E-state index contributed by atoms with van der Waals surface area (Å²) in [6, 6.07) is 24.5. The van der Waals surface area contributed by atoms with Gasteiger partial charge in [-0.3, -0.25) is 0 Å². The molecule has 0 aliphatic heterocycles. The van der Waals surface area contributed by atoms with Crippen LogP contribution < -0.4 is 9.47 Å². The predicted molar refractivity (Wildman–Crippen MR) is 108 cm³/mol. The zero-order valence-corrected chi connectivity index (χ0v) is 15.1. The highest BCUT2D eigenvalue weighted by atomic mass is 16.5. The minimum Gasteiger partial charge on any atom is -0.494 e. The number of hydrogen-bond donors (Lipinski definition) is 0. The maximum atomic E-state index is 12.3. The molecule has 0 heterocycles. The number of benzene rings is 3. The molecule has 0 spiro atoms. The largest absolute Gasteiger partial charge is 0.494 e. The fraction of sp³-hybridized carbons (Fsp3) is 0.125. The van der Waals surface area contributed by atoms with Crippen LogP contribution >= 0.6 is 0 Å². The summed E-state index contributed by atoms with van der Waals surface area (Å²) >= 11 is 0. The summed E-state index contributed by atoms with van der Waals surface area (Å²) in [5, 5.41) is 0. The van der Waals surface area contributed by atoms with Gasteiger partial charge in [0.15, 0.2) is 0 Å². The lowest BCUT2D eigenvalue weighted by Gasteiger charge is -2.08. The van der Waals surface area contributed by atoms with Gasteiger partial charge in [0.25, 0.3) is 0 Å². The van der Waals surface area contributed by atoms with Crippen molar-refractivity contribution in [3.63, 3.8) is 0 Å². The average Bonchev–Trinajstić information content (AvgIpc) is 2.73. The summed E-state index contributed by atoms with van der Waals surface area (Å²) in [6.45, 7) is 4.31. The molecule has 0 radical (unpaired) electrons. The minimum atomic E-state index is -0.388. The molecule has 0 N–H and O–H groups in total. The standard InChI is InChI=1S/C24H22O3/c1-2-3-7-18-26-22-14-12-21(13-15-22)24(25)27-23-16-10-20(11-17-23)19-8-5-4-6-9-19/h2,4-6,8-17H,1,3,7,18H2. The van der Waals surface area contributed by atoms with Crippen LogP contribution in [0.15, 0.2) is 91.5 Å². The number of carbonyl (C=O) groups is 1. The average molecular weight is 358 g/mol. The number of allylic oxidation sites excluding steroid dienone is 1. The van der Waals surface area contributed by atoms with Crippen LogP contribution in [0.3, 0.4) is 0 Å². The van der Waals surface area contributed by atoms with Gasteiger partial charge in [0.2, 0.25) is 0 Å². The second kappa shape index (κ2) is 9.39. The third kappa shape index (κ3) is 5.32. The molecule has 0 unspecified atom stereocenters. The van der Waals surface area contributed by atoms with E-state index in [0.717, 1.165) is 29.7 Å². The highest BCUT2D eigenvalue weighted by Crippen LogP contribution is 2.23. The Balaban J connectivity index is 1.57. The summed E-state index contributed by atoms with van der Waals surface area (Å²) < 4.78 is 11.1. The van der Waals surface area contributed by atoms with E-state index in [1.807, 2.05) is 48.5 Å². The molecule has 0 saturated heterocycles. The molecule has 3 rings (SSSR count). The van der Waals surface area contributed by atoms with Crippen molar-refractivity contribution in [3.8, 4) is 22.6 Å². The molecule has 3 heteroatoms. The molecule has 0 bridgehead atoms. The van der Waals surface area contributed by atoms with E-state index in [2.05, 4.69) is 6.58 Å². The van der Waals surface area contributed by atoms with Crippen molar-refractivity contribution in [1.82, 2.24) is 0 Å². The lowest BCUT2D eigenvalue weighted by atomic mass is 10.1. The molecule has 0 atom stereocenters. The summed E-state index contributed by atoms with van der Waals surface area (Å²) in [4.78, 5) is 12.3. The van der Waals surface area contributed by atoms with Gasteiger partial charge in [-0.05, 0) is 60.4 Å². The van der Waals surface area contributed by atoms with Gasteiger partial charge in [-0.25, -0.2) is 4.79 Å². The van der Waals surface area contributed by atoms with Gasteiger partial charge in [0, 0.05) is 0 Å². The van der Waals surface area contributed by atoms with Crippen LogP contribution in [0.1, 0.15) is 23.2 Å². The molecule has 0 fully saturated rings. The Bertz CT molecular complexity index is 866. The minimum absolute atomic E-state index is 0.388. The number of hydrogen-bond acceptors (Lipinski definition) is 3. The van der Waals surface area contributed by atoms with Crippen LogP contribution in [0.4, 0.5) is 0 Å². The molecule has 0 aliphatic rings. The van der Waals surface area contributed by atoms with E-state index in [1.165, 1.54) is 0 Å². The van der Waals surface area contributed by atoms with Crippen LogP contribution in [-0.2, 0) is 0 Å². The first-order chi connectivity index (χ1) is 13.3. The monoisotopic (exact) mass is 358 g/mol. The third-order valence-corrected chi connectivity index (χ3v) is 4.08. The number of ether oxygens (including phenoxy) is 2. The normalized spacial score (nSPS) is 10.2. The molecule has 0 aliphatic carbocycles. The van der Waals surface area contributed by atoms with Crippen LogP contribution in [0.5, 0.6) is 11.5 Å². The SMILES string of the molecule is C=CCCCOc1ccc(C(=O)Oc2ccc(-c3ccccc3)cc2)cc1. The first-order valence-corrected chi connectivity index (χ1v) is 8.98. The topological polar surface area (TPSA) is 35.5 Å². The fourth-order valence-electron chi connectivity index (χ4n) is 2.62. The van der Waals surface area contributed by atoms with Crippen LogP contribution in [-0.4, -0.2) is 12.6 Å². The zero-order chi connectivity index (χ0) is 18.9. The van der Waals surface area contributed by atoms with Crippen molar-refractivity contribution in [2.24, 2.45) is 0 Å². The van der Waals surface area contributed by atoms with Gasteiger partial charge in [0.05, 0.1) is 12.2 Å². The van der Waals surface area contributed by atoms with Gasteiger partial charge < -0.3 is 9.47 Å². The molecule has 136 valence electrons. The number of carbonyl (C=O) groups excluding carboxylic acids is 1. The number of rotatable bonds is 8. The molecular formula is C24H22O3. The maximum absolute atomic E-state index is 12.3. The van der Waals surface area contributed by atoms with E-state index in [-0.39, 0.29) is 5.97 Å². The van der Waals surface area contributed by atoms with E-state index in [1.54, 1.807) is 36.4 Å². The van der Waals surface area contributed by atoms with Gasteiger partial charge in [-0.2, -0.15) is 0 Å². The highest BCUT2D eigenvalue weighted by molar-refractivity contribution is 5.91. The Labute approximate surface area is 159 Å². The smallest absolute Gasteiger partial charge is 0.343 e. The second-order valence-corrected chi connectivity index (χ2v) is 6.08. The van der Waals surface area contributed by atoms with Crippen molar-refractivity contribution in [2.75, 3.05) is 6.61 Å². The highest BCUT2D eigenvalue weighted by Gasteiger charge is 2.09. The van der Waals surface area contributed by atoms with E-state index >= 15 is 0 Å². The van der Waals surface area contributed by atoms with Crippen molar-refractivity contribution in [3.05, 3.63) is 97.1 Å². The number of esters is 1. The van der Waals surface area contributed by atoms with Crippen molar-refractivity contribution >= 4 is 5.97 Å². The number of unbranched alkanes of at least 4 members (excludes halogenated alkanes) is 1. The second-order valence-electron chi connectivity index (χ2n) is 6.08. The Hall–Kier alpha value is -3.33. The zero-order valence-electron chi connectivity index (χ0n) is 15.1. The Morgan fingerprint density at radius 2 is 1.44 bits per heavy atom. The summed E-state index contributed by atoms with van der Waals surface area (Å²) in [5.41, 5.74) is 2.69.